The molecule has 0 bridgehead atoms. The van der Waals surface area contributed by atoms with Gasteiger partial charge in [-0.1, -0.05) is 39.7 Å². The third-order valence-corrected chi connectivity index (χ3v) is 4.37. The number of methoxy groups -OCH3 is 1. The molecular weight excluding hydrogens is 393 g/mol. The Labute approximate surface area is 134 Å². The first-order valence-electron chi connectivity index (χ1n) is 5.57. The molecular formula is C14H12Br2ClNO. The third-order valence-electron chi connectivity index (χ3n) is 2.83. The Kier molecular flexibility index (Phi) is 4.90. The second-order valence-electron chi connectivity index (χ2n) is 4.04. The van der Waals surface area contributed by atoms with Crippen LogP contribution in [0.4, 0.5) is 0 Å². The number of nitrogens with two attached hydrogens (primary N) is 1. The van der Waals surface area contributed by atoms with Crippen LogP contribution in [0.25, 0.3) is 0 Å². The molecule has 100 valence electrons. The second-order valence-corrected chi connectivity index (χ2v) is 6.18. The standard InChI is InChI=1S/C14H12Br2ClNO/c1-19-13-5-2-8(6-12(13)16)14(18)10-4-3-9(17)7-11(10)15/h2-7,14H,18H2,1H3. The van der Waals surface area contributed by atoms with Gasteiger partial charge in [-0.25, -0.2) is 0 Å². The fraction of sp³-hybridized carbons (Fsp3) is 0.143. The number of benzene rings is 2. The molecule has 0 aliphatic heterocycles. The molecule has 2 aromatic rings. The van der Waals surface area contributed by atoms with E-state index in [-0.39, 0.29) is 6.04 Å². The monoisotopic (exact) mass is 403 g/mol. The summed E-state index contributed by atoms with van der Waals surface area (Å²) in [4.78, 5) is 0. The average molecular weight is 406 g/mol. The molecule has 0 saturated heterocycles. The maximum Gasteiger partial charge on any atom is 0.133 e. The Bertz CT molecular complexity index is 604. The van der Waals surface area contributed by atoms with Gasteiger partial charge in [-0.15, -0.1) is 0 Å². The highest BCUT2D eigenvalue weighted by Crippen LogP contribution is 2.33. The van der Waals surface area contributed by atoms with Crippen molar-refractivity contribution in [3.05, 3.63) is 61.5 Å². The Morgan fingerprint density at radius 2 is 1.84 bits per heavy atom. The highest BCUT2D eigenvalue weighted by atomic mass is 79.9. The van der Waals surface area contributed by atoms with Crippen LogP contribution in [0.1, 0.15) is 17.2 Å². The third kappa shape index (κ3) is 3.31. The molecule has 2 nitrogen and oxygen atoms in total. The normalized spacial score (nSPS) is 12.3. The molecule has 0 spiro atoms. The van der Waals surface area contributed by atoms with Crippen LogP contribution in [0.5, 0.6) is 5.75 Å². The molecule has 19 heavy (non-hydrogen) atoms. The first-order chi connectivity index (χ1) is 9.02. The van der Waals surface area contributed by atoms with Crippen molar-refractivity contribution in [2.75, 3.05) is 7.11 Å². The van der Waals surface area contributed by atoms with E-state index in [2.05, 4.69) is 31.9 Å². The minimum atomic E-state index is -0.228. The molecule has 0 saturated carbocycles. The van der Waals surface area contributed by atoms with Crippen molar-refractivity contribution < 1.29 is 4.74 Å². The van der Waals surface area contributed by atoms with Crippen molar-refractivity contribution in [1.82, 2.24) is 0 Å². The highest BCUT2D eigenvalue weighted by molar-refractivity contribution is 9.10. The van der Waals surface area contributed by atoms with Gasteiger partial charge >= 0.3 is 0 Å². The van der Waals surface area contributed by atoms with Crippen LogP contribution in [-0.4, -0.2) is 7.11 Å². The lowest BCUT2D eigenvalue weighted by Gasteiger charge is -2.16. The van der Waals surface area contributed by atoms with E-state index >= 15 is 0 Å². The summed E-state index contributed by atoms with van der Waals surface area (Å²) < 4.78 is 7.00. The van der Waals surface area contributed by atoms with Gasteiger partial charge in [0.15, 0.2) is 0 Å². The molecule has 0 fully saturated rings. The minimum absolute atomic E-state index is 0.228. The van der Waals surface area contributed by atoms with Gasteiger partial charge in [-0.3, -0.25) is 0 Å². The van der Waals surface area contributed by atoms with Crippen LogP contribution in [0, 0.1) is 0 Å². The van der Waals surface area contributed by atoms with Crippen LogP contribution in [0.2, 0.25) is 5.02 Å². The van der Waals surface area contributed by atoms with E-state index < -0.39 is 0 Å². The zero-order valence-electron chi connectivity index (χ0n) is 10.2. The largest absolute Gasteiger partial charge is 0.496 e. The van der Waals surface area contributed by atoms with Crippen molar-refractivity contribution in [1.29, 1.82) is 0 Å². The Morgan fingerprint density at radius 1 is 1.11 bits per heavy atom. The van der Waals surface area contributed by atoms with E-state index in [1.54, 1.807) is 7.11 Å². The van der Waals surface area contributed by atoms with Crippen molar-refractivity contribution in [3.63, 3.8) is 0 Å². The average Bonchev–Trinajstić information content (AvgIpc) is 2.38. The van der Waals surface area contributed by atoms with Crippen LogP contribution in [-0.2, 0) is 0 Å². The molecule has 0 aliphatic rings. The topological polar surface area (TPSA) is 35.2 Å². The molecule has 0 radical (unpaired) electrons. The predicted octanol–water partition coefficient (Wildman–Crippen LogP) is 4.92. The first kappa shape index (κ1) is 14.9. The van der Waals surface area contributed by atoms with Crippen molar-refractivity contribution in [2.24, 2.45) is 5.73 Å². The van der Waals surface area contributed by atoms with Gasteiger partial charge in [0.1, 0.15) is 5.75 Å². The van der Waals surface area contributed by atoms with Gasteiger partial charge in [-0.05, 0) is 51.3 Å². The van der Waals surface area contributed by atoms with Crippen LogP contribution >= 0.6 is 43.5 Å². The summed E-state index contributed by atoms with van der Waals surface area (Å²) >= 11 is 12.9. The Balaban J connectivity index is 2.38. The van der Waals surface area contributed by atoms with Gasteiger partial charge in [0, 0.05) is 9.50 Å². The molecule has 0 aliphatic carbocycles. The van der Waals surface area contributed by atoms with Crippen LogP contribution in [0.15, 0.2) is 45.3 Å². The quantitative estimate of drug-likeness (QED) is 0.787. The number of hydrogen-bond donors (Lipinski definition) is 1. The molecule has 5 heteroatoms. The maximum absolute atomic E-state index is 6.29. The number of hydrogen-bond acceptors (Lipinski definition) is 2. The highest BCUT2D eigenvalue weighted by Gasteiger charge is 2.14. The molecule has 2 aromatic carbocycles. The molecule has 1 unspecified atom stereocenters. The maximum atomic E-state index is 6.29. The lowest BCUT2D eigenvalue weighted by molar-refractivity contribution is 0.412. The second kappa shape index (κ2) is 6.27. The van der Waals surface area contributed by atoms with Gasteiger partial charge < -0.3 is 10.5 Å². The Hall–Kier alpha value is -0.550. The van der Waals surface area contributed by atoms with E-state index in [0.29, 0.717) is 5.02 Å². The van der Waals surface area contributed by atoms with Gasteiger partial charge in [-0.2, -0.15) is 0 Å². The SMILES string of the molecule is COc1ccc(C(N)c2ccc(Cl)cc2Br)cc1Br. The van der Waals surface area contributed by atoms with E-state index in [1.807, 2.05) is 36.4 Å². The summed E-state index contributed by atoms with van der Waals surface area (Å²) in [5.41, 5.74) is 8.28. The lowest BCUT2D eigenvalue weighted by Crippen LogP contribution is -2.12. The van der Waals surface area contributed by atoms with Gasteiger partial charge in [0.25, 0.3) is 0 Å². The molecule has 1 atom stereocenters. The smallest absolute Gasteiger partial charge is 0.133 e. The zero-order chi connectivity index (χ0) is 14.0. The molecule has 2 rings (SSSR count). The lowest BCUT2D eigenvalue weighted by atomic mass is 10.00. The number of rotatable bonds is 3. The van der Waals surface area contributed by atoms with Crippen LogP contribution in [0.3, 0.4) is 0 Å². The molecule has 0 heterocycles. The van der Waals surface area contributed by atoms with E-state index in [0.717, 1.165) is 25.8 Å². The summed E-state index contributed by atoms with van der Waals surface area (Å²) in [6.07, 6.45) is 0. The minimum Gasteiger partial charge on any atom is -0.496 e. The van der Waals surface area contributed by atoms with Gasteiger partial charge in [0.2, 0.25) is 0 Å². The fourth-order valence-corrected chi connectivity index (χ4v) is 3.30. The fourth-order valence-electron chi connectivity index (χ4n) is 1.81. The summed E-state index contributed by atoms with van der Waals surface area (Å²) in [6, 6.07) is 11.2. The van der Waals surface area contributed by atoms with Crippen LogP contribution < -0.4 is 10.5 Å². The zero-order valence-corrected chi connectivity index (χ0v) is 14.1. The summed E-state index contributed by atoms with van der Waals surface area (Å²) in [5, 5.41) is 0.679. The summed E-state index contributed by atoms with van der Waals surface area (Å²) in [6.45, 7) is 0. The van der Waals surface area contributed by atoms with E-state index in [1.165, 1.54) is 0 Å². The number of ether oxygens (including phenoxy) is 1. The molecule has 0 amide bonds. The van der Waals surface area contributed by atoms with E-state index in [9.17, 15) is 0 Å². The number of halogens is 3. The van der Waals surface area contributed by atoms with Crippen molar-refractivity contribution in [2.45, 2.75) is 6.04 Å². The molecule has 2 N–H and O–H groups in total. The summed E-state index contributed by atoms with van der Waals surface area (Å²) in [7, 11) is 1.63. The van der Waals surface area contributed by atoms with Crippen molar-refractivity contribution in [3.8, 4) is 5.75 Å². The van der Waals surface area contributed by atoms with Crippen molar-refractivity contribution >= 4 is 43.5 Å². The van der Waals surface area contributed by atoms with E-state index in [4.69, 9.17) is 22.1 Å². The predicted molar refractivity (Wildman–Crippen MR) is 85.9 cm³/mol. The summed E-state index contributed by atoms with van der Waals surface area (Å²) in [5.74, 6) is 0.783. The Morgan fingerprint density at radius 3 is 2.42 bits per heavy atom. The molecule has 0 aromatic heterocycles. The first-order valence-corrected chi connectivity index (χ1v) is 7.53. The van der Waals surface area contributed by atoms with Gasteiger partial charge in [0.05, 0.1) is 17.6 Å².